The summed E-state index contributed by atoms with van der Waals surface area (Å²) in [7, 11) is 1.74. The van der Waals surface area contributed by atoms with Crippen molar-refractivity contribution in [3.8, 4) is 5.75 Å². The SMILES string of the molecule is CN1C(=O)c2cccc(OC(F)F)c2C2CC1c1nn3cnc(C4=CCN(C5(CO)CCC5)CC4)cc3c12. The van der Waals surface area contributed by atoms with Crippen molar-refractivity contribution in [2.75, 3.05) is 26.7 Å². The smallest absolute Gasteiger partial charge is 0.387 e. The minimum absolute atomic E-state index is 0.0373. The van der Waals surface area contributed by atoms with E-state index in [1.165, 1.54) is 6.07 Å². The highest BCUT2D eigenvalue weighted by molar-refractivity contribution is 5.98. The van der Waals surface area contributed by atoms with Gasteiger partial charge in [0.25, 0.3) is 5.91 Å². The second kappa shape index (κ2) is 8.57. The molecule has 2 atom stereocenters. The van der Waals surface area contributed by atoms with Crippen molar-refractivity contribution >= 4 is 17.0 Å². The molecule has 3 aromatic rings. The van der Waals surface area contributed by atoms with Crippen LogP contribution >= 0.6 is 0 Å². The van der Waals surface area contributed by atoms with Gasteiger partial charge in [0.05, 0.1) is 29.6 Å². The van der Waals surface area contributed by atoms with E-state index in [9.17, 15) is 18.7 Å². The Hall–Kier alpha value is -3.37. The van der Waals surface area contributed by atoms with E-state index in [0.29, 0.717) is 17.5 Å². The Morgan fingerprint density at radius 1 is 1.26 bits per heavy atom. The quantitative estimate of drug-likeness (QED) is 0.547. The lowest BCUT2D eigenvalue weighted by Crippen LogP contribution is -2.57. The molecule has 0 saturated heterocycles. The fourth-order valence-corrected chi connectivity index (χ4v) is 6.94. The van der Waals surface area contributed by atoms with Crippen LogP contribution in [-0.4, -0.2) is 74.3 Å². The van der Waals surface area contributed by atoms with Crippen molar-refractivity contribution in [1.82, 2.24) is 24.4 Å². The number of hydrogen-bond acceptors (Lipinski definition) is 6. The van der Waals surface area contributed by atoms with Crippen LogP contribution < -0.4 is 4.74 Å². The Kier molecular flexibility index (Phi) is 5.35. The topological polar surface area (TPSA) is 83.2 Å². The molecule has 1 N–H and O–H groups in total. The van der Waals surface area contributed by atoms with Crippen LogP contribution in [0.1, 0.15) is 76.9 Å². The van der Waals surface area contributed by atoms with E-state index in [-0.39, 0.29) is 35.8 Å². The molecule has 4 heterocycles. The molecule has 1 fully saturated rings. The van der Waals surface area contributed by atoms with Crippen molar-refractivity contribution in [3.63, 3.8) is 0 Å². The summed E-state index contributed by atoms with van der Waals surface area (Å²) in [6.45, 7) is -1.15. The number of fused-ring (bicyclic) bond motifs is 9. The third-order valence-corrected chi connectivity index (χ3v) is 9.15. The summed E-state index contributed by atoms with van der Waals surface area (Å²) in [5.74, 6) is -0.492. The number of carbonyl (C=O) groups is 1. The summed E-state index contributed by atoms with van der Waals surface area (Å²) in [6.07, 6.45) is 8.54. The number of nitrogens with zero attached hydrogens (tertiary/aromatic N) is 5. The summed E-state index contributed by atoms with van der Waals surface area (Å²) >= 11 is 0. The van der Waals surface area contributed by atoms with Crippen LogP contribution in [0.4, 0.5) is 8.78 Å². The maximum Gasteiger partial charge on any atom is 0.387 e. The van der Waals surface area contributed by atoms with Gasteiger partial charge in [-0.05, 0) is 55.9 Å². The maximum absolute atomic E-state index is 13.3. The average Bonchev–Trinajstić information content (AvgIpc) is 3.41. The predicted molar refractivity (Wildman–Crippen MR) is 135 cm³/mol. The minimum atomic E-state index is -2.99. The van der Waals surface area contributed by atoms with E-state index < -0.39 is 6.61 Å². The number of ether oxygens (including phenoxy) is 1. The van der Waals surface area contributed by atoms with Crippen LogP contribution in [0.3, 0.4) is 0 Å². The maximum atomic E-state index is 13.3. The van der Waals surface area contributed by atoms with Gasteiger partial charge in [0, 0.05) is 48.3 Å². The number of hydrogen-bond donors (Lipinski definition) is 1. The summed E-state index contributed by atoms with van der Waals surface area (Å²) in [5.41, 5.74) is 5.43. The number of amides is 1. The van der Waals surface area contributed by atoms with Gasteiger partial charge in [-0.25, -0.2) is 9.50 Å². The standard InChI is InChI=1S/C28H29F2N5O3/c1-33-21-12-18(23-17(26(33)37)4-2-5-22(23)38-27(29)30)24-20-13-19(31-15-35(20)32-25(21)24)16-6-10-34(11-7-16)28(14-36)8-3-9-28/h2,4-6,13,15,18,21,27,36H,3,7-12,14H2,1H3. The van der Waals surface area contributed by atoms with Crippen LogP contribution in [0.25, 0.3) is 11.1 Å². The Morgan fingerprint density at radius 2 is 2.11 bits per heavy atom. The van der Waals surface area contributed by atoms with Gasteiger partial charge in [-0.2, -0.15) is 13.9 Å². The second-order valence-electron chi connectivity index (χ2n) is 10.9. The molecular formula is C28H29F2N5O3. The lowest BCUT2D eigenvalue weighted by Gasteiger charge is -2.50. The molecule has 4 aliphatic rings. The van der Waals surface area contributed by atoms with Crippen LogP contribution in [0.2, 0.25) is 0 Å². The molecule has 8 nitrogen and oxygen atoms in total. The molecule has 1 aromatic carbocycles. The summed E-state index contributed by atoms with van der Waals surface area (Å²) in [4.78, 5) is 22.0. The lowest BCUT2D eigenvalue weighted by atomic mass is 9.75. The van der Waals surface area contributed by atoms with Crippen molar-refractivity contribution in [1.29, 1.82) is 0 Å². The summed E-state index contributed by atoms with van der Waals surface area (Å²) < 4.78 is 33.3. The zero-order valence-corrected chi connectivity index (χ0v) is 21.1. The van der Waals surface area contributed by atoms with Crippen LogP contribution in [0.5, 0.6) is 5.75 Å². The number of aliphatic hydroxyl groups is 1. The Balaban J connectivity index is 1.31. The number of rotatable bonds is 5. The van der Waals surface area contributed by atoms with Gasteiger partial charge in [-0.15, -0.1) is 0 Å². The Bertz CT molecular complexity index is 1480. The molecule has 2 bridgehead atoms. The van der Waals surface area contributed by atoms with Crippen molar-refractivity contribution < 1.29 is 23.4 Å². The average molecular weight is 522 g/mol. The first-order valence-corrected chi connectivity index (χ1v) is 13.2. The van der Waals surface area contributed by atoms with Gasteiger partial charge in [0.15, 0.2) is 0 Å². The molecule has 0 radical (unpaired) electrons. The van der Waals surface area contributed by atoms with E-state index in [1.54, 1.807) is 34.9 Å². The highest BCUT2D eigenvalue weighted by Crippen LogP contribution is 2.53. The monoisotopic (exact) mass is 521 g/mol. The highest BCUT2D eigenvalue weighted by Gasteiger charge is 2.46. The molecule has 2 unspecified atom stereocenters. The molecule has 1 saturated carbocycles. The van der Waals surface area contributed by atoms with Gasteiger partial charge in [0.2, 0.25) is 0 Å². The second-order valence-corrected chi connectivity index (χ2v) is 10.9. The van der Waals surface area contributed by atoms with Gasteiger partial charge < -0.3 is 14.7 Å². The van der Waals surface area contributed by atoms with Gasteiger partial charge in [-0.1, -0.05) is 12.1 Å². The first-order chi connectivity index (χ1) is 18.4. The van der Waals surface area contributed by atoms with Crippen molar-refractivity contribution in [2.45, 2.75) is 56.2 Å². The zero-order chi connectivity index (χ0) is 26.2. The third kappa shape index (κ3) is 3.36. The molecule has 38 heavy (non-hydrogen) atoms. The first-order valence-electron chi connectivity index (χ1n) is 13.2. The molecule has 2 aliphatic heterocycles. The molecule has 198 valence electrons. The summed E-state index contributed by atoms with van der Waals surface area (Å²) in [5, 5.41) is 14.8. The molecule has 7 rings (SSSR count). The molecule has 10 heteroatoms. The largest absolute Gasteiger partial charge is 0.434 e. The van der Waals surface area contributed by atoms with Gasteiger partial charge in [-0.3, -0.25) is 9.69 Å². The Labute approximate surface area is 218 Å². The molecule has 2 aliphatic carbocycles. The van der Waals surface area contributed by atoms with E-state index >= 15 is 0 Å². The van der Waals surface area contributed by atoms with E-state index in [0.717, 1.165) is 66.8 Å². The van der Waals surface area contributed by atoms with E-state index in [2.05, 4.69) is 11.0 Å². The fourth-order valence-electron chi connectivity index (χ4n) is 6.94. The van der Waals surface area contributed by atoms with Crippen molar-refractivity contribution in [2.24, 2.45) is 0 Å². The number of aliphatic hydroxyl groups excluding tert-OH is 1. The number of aromatic nitrogens is 3. The number of carbonyl (C=O) groups excluding carboxylic acids is 1. The number of halogens is 2. The molecule has 1 amide bonds. The van der Waals surface area contributed by atoms with E-state index in [4.69, 9.17) is 14.8 Å². The van der Waals surface area contributed by atoms with Crippen LogP contribution in [-0.2, 0) is 0 Å². The molecule has 2 aromatic heterocycles. The van der Waals surface area contributed by atoms with E-state index in [1.807, 2.05) is 6.07 Å². The number of benzene rings is 1. The first kappa shape index (κ1) is 23.7. The predicted octanol–water partition coefficient (Wildman–Crippen LogP) is 4.00. The molecule has 0 spiro atoms. The van der Waals surface area contributed by atoms with Crippen molar-refractivity contribution in [3.05, 3.63) is 64.7 Å². The Morgan fingerprint density at radius 3 is 2.79 bits per heavy atom. The van der Waals surface area contributed by atoms with Gasteiger partial charge >= 0.3 is 6.61 Å². The van der Waals surface area contributed by atoms with Gasteiger partial charge in [0.1, 0.15) is 12.1 Å². The third-order valence-electron chi connectivity index (χ3n) is 9.15. The highest BCUT2D eigenvalue weighted by atomic mass is 19.3. The lowest BCUT2D eigenvalue weighted by molar-refractivity contribution is -0.0505. The normalized spacial score (nSPS) is 24.2. The number of alkyl halides is 2. The fraction of sp³-hybridized carbons (Fsp3) is 0.464. The minimum Gasteiger partial charge on any atom is -0.434 e. The van der Waals surface area contributed by atoms with Crippen LogP contribution in [0.15, 0.2) is 36.7 Å². The van der Waals surface area contributed by atoms with Crippen LogP contribution in [0, 0.1) is 0 Å². The zero-order valence-electron chi connectivity index (χ0n) is 21.1. The molecular weight excluding hydrogens is 492 g/mol. The summed E-state index contributed by atoms with van der Waals surface area (Å²) in [6, 6.07) is 6.55.